The number of hydrogen-bond acceptors (Lipinski definition) is 4. The van der Waals surface area contributed by atoms with Gasteiger partial charge in [-0.25, -0.2) is 4.39 Å². The van der Waals surface area contributed by atoms with Crippen molar-refractivity contribution in [3.63, 3.8) is 0 Å². The van der Waals surface area contributed by atoms with Crippen molar-refractivity contribution in [3.8, 4) is 0 Å². The van der Waals surface area contributed by atoms with Gasteiger partial charge in [0.2, 0.25) is 0 Å². The maximum absolute atomic E-state index is 13.1. The zero-order valence-electron chi connectivity index (χ0n) is 9.70. The molecule has 1 aromatic carbocycles. The molecule has 0 aliphatic rings. The predicted octanol–water partition coefficient (Wildman–Crippen LogP) is 0.643. The molecule has 0 heterocycles. The second-order valence-electron chi connectivity index (χ2n) is 4.18. The van der Waals surface area contributed by atoms with E-state index in [2.05, 4.69) is 21.2 Å². The molecule has 5 nitrogen and oxygen atoms in total. The van der Waals surface area contributed by atoms with Crippen LogP contribution in [0, 0.1) is 5.82 Å². The number of hydrogen-bond donors (Lipinski definition) is 4. The summed E-state index contributed by atoms with van der Waals surface area (Å²) in [6.07, 6.45) is 0. The normalized spacial score (nSPS) is 11.4. The van der Waals surface area contributed by atoms with Crippen LogP contribution in [0.25, 0.3) is 0 Å². The highest BCUT2D eigenvalue weighted by Gasteiger charge is 2.26. The van der Waals surface area contributed by atoms with Crippen LogP contribution < -0.4 is 11.1 Å². The Kier molecular flexibility index (Phi) is 4.66. The highest BCUT2D eigenvalue weighted by Crippen LogP contribution is 2.23. The van der Waals surface area contributed by atoms with Gasteiger partial charge in [-0.05, 0) is 35.0 Å². The number of nitrogens with one attached hydrogen (secondary N) is 1. The number of carbonyl (C=O) groups excluding carboxylic acids is 1. The van der Waals surface area contributed by atoms with Crippen LogP contribution in [-0.4, -0.2) is 34.9 Å². The number of nitrogens with two attached hydrogens (primary N) is 1. The van der Waals surface area contributed by atoms with E-state index in [1.807, 2.05) is 0 Å². The Labute approximate surface area is 112 Å². The Balaban J connectivity index is 3.01. The molecule has 0 fully saturated rings. The van der Waals surface area contributed by atoms with Crippen LogP contribution in [0.5, 0.6) is 0 Å². The quantitative estimate of drug-likeness (QED) is 0.612. The second kappa shape index (κ2) is 5.64. The maximum atomic E-state index is 13.1. The van der Waals surface area contributed by atoms with Gasteiger partial charge in [-0.15, -0.1) is 0 Å². The number of benzene rings is 1. The molecule has 0 aliphatic carbocycles. The van der Waals surface area contributed by atoms with Gasteiger partial charge in [0.1, 0.15) is 5.82 Å². The van der Waals surface area contributed by atoms with E-state index in [0.29, 0.717) is 0 Å². The van der Waals surface area contributed by atoms with Crippen LogP contribution in [-0.2, 0) is 0 Å². The third-order valence-electron chi connectivity index (χ3n) is 2.44. The van der Waals surface area contributed by atoms with E-state index < -0.39 is 30.5 Å². The third-order valence-corrected chi connectivity index (χ3v) is 3.10. The lowest BCUT2D eigenvalue weighted by atomic mass is 10.0. The summed E-state index contributed by atoms with van der Waals surface area (Å²) >= 11 is 3.05. The average Bonchev–Trinajstić information content (AvgIpc) is 2.33. The summed E-state index contributed by atoms with van der Waals surface area (Å²) in [5, 5.41) is 20.6. The molecule has 0 bridgehead atoms. The highest BCUT2D eigenvalue weighted by molar-refractivity contribution is 9.10. The van der Waals surface area contributed by atoms with Crippen molar-refractivity contribution < 1.29 is 19.4 Å². The van der Waals surface area contributed by atoms with E-state index >= 15 is 0 Å². The topological polar surface area (TPSA) is 95.6 Å². The van der Waals surface area contributed by atoms with Crippen molar-refractivity contribution in [2.24, 2.45) is 0 Å². The van der Waals surface area contributed by atoms with Crippen molar-refractivity contribution in [1.82, 2.24) is 5.32 Å². The summed E-state index contributed by atoms with van der Waals surface area (Å²) in [5.74, 6) is -1.20. The molecule has 0 radical (unpaired) electrons. The number of aliphatic hydroxyl groups excluding tert-OH is 2. The van der Waals surface area contributed by atoms with E-state index in [-0.39, 0.29) is 15.7 Å². The summed E-state index contributed by atoms with van der Waals surface area (Å²) in [6, 6.07) is 2.27. The Morgan fingerprint density at radius 2 is 2.06 bits per heavy atom. The SMILES string of the molecule is CC(CO)(CO)NC(=O)c1cc(N)c(F)cc1Br. The van der Waals surface area contributed by atoms with E-state index in [1.165, 1.54) is 13.0 Å². The molecule has 0 atom stereocenters. The van der Waals surface area contributed by atoms with Crippen molar-refractivity contribution in [2.45, 2.75) is 12.5 Å². The standard InChI is InChI=1S/C11H14BrFN2O3/c1-11(4-16,5-17)15-10(18)6-2-9(14)8(13)3-7(6)12/h2-3,16-17H,4-5,14H2,1H3,(H,15,18). The molecule has 7 heteroatoms. The smallest absolute Gasteiger partial charge is 0.253 e. The molecule has 1 amide bonds. The first-order chi connectivity index (χ1) is 8.33. The lowest BCUT2D eigenvalue weighted by Gasteiger charge is -2.26. The lowest BCUT2D eigenvalue weighted by Crippen LogP contribution is -2.51. The molecule has 0 saturated carbocycles. The molecular formula is C11H14BrFN2O3. The van der Waals surface area contributed by atoms with Crippen LogP contribution in [0.3, 0.4) is 0 Å². The first kappa shape index (κ1) is 14.9. The molecule has 0 aliphatic heterocycles. The zero-order chi connectivity index (χ0) is 13.9. The summed E-state index contributed by atoms with van der Waals surface area (Å²) < 4.78 is 13.4. The average molecular weight is 321 g/mol. The molecule has 0 aromatic heterocycles. The molecule has 1 rings (SSSR count). The van der Waals surface area contributed by atoms with Crippen LogP contribution in [0.2, 0.25) is 0 Å². The minimum Gasteiger partial charge on any atom is -0.396 e. The Morgan fingerprint density at radius 1 is 1.50 bits per heavy atom. The molecule has 0 saturated heterocycles. The lowest BCUT2D eigenvalue weighted by molar-refractivity contribution is 0.0723. The van der Waals surface area contributed by atoms with Crippen molar-refractivity contribution in [1.29, 1.82) is 0 Å². The van der Waals surface area contributed by atoms with Crippen molar-refractivity contribution in [2.75, 3.05) is 18.9 Å². The highest BCUT2D eigenvalue weighted by atomic mass is 79.9. The van der Waals surface area contributed by atoms with Gasteiger partial charge < -0.3 is 21.3 Å². The van der Waals surface area contributed by atoms with E-state index in [9.17, 15) is 9.18 Å². The zero-order valence-corrected chi connectivity index (χ0v) is 11.3. The fraction of sp³-hybridized carbons (Fsp3) is 0.364. The van der Waals surface area contributed by atoms with Gasteiger partial charge in [-0.1, -0.05) is 0 Å². The molecular weight excluding hydrogens is 307 g/mol. The number of anilines is 1. The number of halogens is 2. The Hall–Kier alpha value is -1.18. The van der Waals surface area contributed by atoms with Gasteiger partial charge in [-0.3, -0.25) is 4.79 Å². The minimum absolute atomic E-state index is 0.127. The second-order valence-corrected chi connectivity index (χ2v) is 5.04. The van der Waals surface area contributed by atoms with Crippen molar-refractivity contribution in [3.05, 3.63) is 28.0 Å². The predicted molar refractivity (Wildman–Crippen MR) is 68.6 cm³/mol. The molecule has 100 valence electrons. The van der Waals surface area contributed by atoms with E-state index in [0.717, 1.165) is 6.07 Å². The summed E-state index contributed by atoms with van der Waals surface area (Å²) in [7, 11) is 0. The van der Waals surface area contributed by atoms with Crippen molar-refractivity contribution >= 4 is 27.5 Å². The number of rotatable bonds is 4. The van der Waals surface area contributed by atoms with E-state index in [4.69, 9.17) is 15.9 Å². The van der Waals surface area contributed by atoms with Gasteiger partial charge >= 0.3 is 0 Å². The van der Waals surface area contributed by atoms with Gasteiger partial charge in [0.15, 0.2) is 0 Å². The molecule has 1 aromatic rings. The van der Waals surface area contributed by atoms with Crippen LogP contribution in [0.15, 0.2) is 16.6 Å². The molecule has 5 N–H and O–H groups in total. The van der Waals surface area contributed by atoms with Crippen LogP contribution in [0.4, 0.5) is 10.1 Å². The maximum Gasteiger partial charge on any atom is 0.253 e. The molecule has 0 unspecified atom stereocenters. The van der Waals surface area contributed by atoms with Gasteiger partial charge in [0.05, 0.1) is 30.0 Å². The Bertz CT molecular complexity index is 464. The number of amides is 1. The molecule has 18 heavy (non-hydrogen) atoms. The van der Waals surface area contributed by atoms with Gasteiger partial charge in [0.25, 0.3) is 5.91 Å². The fourth-order valence-electron chi connectivity index (χ4n) is 1.21. The third kappa shape index (κ3) is 3.18. The first-order valence-corrected chi connectivity index (χ1v) is 5.91. The number of carbonyl (C=O) groups is 1. The molecule has 0 spiro atoms. The number of aliphatic hydroxyl groups is 2. The minimum atomic E-state index is -1.15. The number of nitrogen functional groups attached to an aromatic ring is 1. The first-order valence-electron chi connectivity index (χ1n) is 5.12. The van der Waals surface area contributed by atoms with Crippen LogP contribution in [0.1, 0.15) is 17.3 Å². The van der Waals surface area contributed by atoms with E-state index in [1.54, 1.807) is 0 Å². The monoisotopic (exact) mass is 320 g/mol. The Morgan fingerprint density at radius 3 is 2.56 bits per heavy atom. The van der Waals surface area contributed by atoms with Crippen LogP contribution >= 0.6 is 15.9 Å². The fourth-order valence-corrected chi connectivity index (χ4v) is 1.71. The largest absolute Gasteiger partial charge is 0.396 e. The summed E-state index contributed by atoms with van der Waals surface area (Å²) in [6.45, 7) is 0.624. The summed E-state index contributed by atoms with van der Waals surface area (Å²) in [5.41, 5.74) is 4.20. The van der Waals surface area contributed by atoms with Gasteiger partial charge in [-0.2, -0.15) is 0 Å². The summed E-state index contributed by atoms with van der Waals surface area (Å²) in [4.78, 5) is 11.9. The van der Waals surface area contributed by atoms with Gasteiger partial charge in [0, 0.05) is 4.47 Å².